The summed E-state index contributed by atoms with van der Waals surface area (Å²) in [6.07, 6.45) is 2.37. The molecule has 3 heteroatoms. The van der Waals surface area contributed by atoms with Crippen LogP contribution in [0.3, 0.4) is 0 Å². The molecule has 1 unspecified atom stereocenters. The number of aromatic hydroxyl groups is 1. The van der Waals surface area contributed by atoms with E-state index in [1.807, 2.05) is 25.1 Å². The van der Waals surface area contributed by atoms with Crippen LogP contribution in [0, 0.1) is 6.92 Å². The average Bonchev–Trinajstić information content (AvgIpc) is 2.57. The van der Waals surface area contributed by atoms with Gasteiger partial charge in [0.15, 0.2) is 0 Å². The van der Waals surface area contributed by atoms with Crippen molar-refractivity contribution in [1.29, 1.82) is 0 Å². The molecule has 0 amide bonds. The van der Waals surface area contributed by atoms with Crippen molar-refractivity contribution < 1.29 is 5.11 Å². The fourth-order valence-electron chi connectivity index (χ4n) is 2.95. The lowest BCUT2D eigenvalue weighted by Gasteiger charge is -2.30. The summed E-state index contributed by atoms with van der Waals surface area (Å²) in [6, 6.07) is 6.64. The Morgan fingerprint density at radius 1 is 1.32 bits per heavy atom. The summed E-state index contributed by atoms with van der Waals surface area (Å²) >= 11 is 0. The maximum absolute atomic E-state index is 10.2. The van der Waals surface area contributed by atoms with Gasteiger partial charge < -0.3 is 10.0 Å². The van der Waals surface area contributed by atoms with Crippen molar-refractivity contribution in [2.75, 3.05) is 26.7 Å². The number of hydrogen-bond acceptors (Lipinski definition) is 3. The van der Waals surface area contributed by atoms with Gasteiger partial charge in [0.2, 0.25) is 0 Å². The second-order valence-corrected chi connectivity index (χ2v) is 5.73. The Morgan fingerprint density at radius 2 is 2.11 bits per heavy atom. The van der Waals surface area contributed by atoms with Crippen LogP contribution in [0.2, 0.25) is 0 Å². The standard InChI is InChI=1S/C16H26N2O/c1-4-15-12-17(3)9-6-10-18(15)11-14-8-5-7-13(2)16(14)19/h5,7-8,15,19H,4,6,9-12H2,1-3H3. The molecular formula is C16H26N2O. The molecule has 1 aromatic carbocycles. The quantitative estimate of drug-likeness (QED) is 0.907. The lowest BCUT2D eigenvalue weighted by Crippen LogP contribution is -2.39. The molecule has 0 spiro atoms. The number of para-hydroxylation sites is 1. The third-order valence-electron chi connectivity index (χ3n) is 4.19. The van der Waals surface area contributed by atoms with E-state index in [4.69, 9.17) is 0 Å². The topological polar surface area (TPSA) is 26.7 Å². The second kappa shape index (κ2) is 6.40. The lowest BCUT2D eigenvalue weighted by molar-refractivity contribution is 0.174. The summed E-state index contributed by atoms with van der Waals surface area (Å²) in [6.45, 7) is 8.51. The molecule has 0 aliphatic carbocycles. The monoisotopic (exact) mass is 262 g/mol. The van der Waals surface area contributed by atoms with Crippen molar-refractivity contribution in [2.24, 2.45) is 0 Å². The molecule has 106 valence electrons. The minimum atomic E-state index is 0.468. The summed E-state index contributed by atoms with van der Waals surface area (Å²) in [7, 11) is 2.20. The smallest absolute Gasteiger partial charge is 0.122 e. The van der Waals surface area contributed by atoms with Gasteiger partial charge in [0.25, 0.3) is 0 Å². The first kappa shape index (κ1) is 14.4. The molecule has 0 saturated carbocycles. The normalized spacial score (nSPS) is 22.4. The van der Waals surface area contributed by atoms with E-state index in [1.54, 1.807) is 0 Å². The number of phenols is 1. The van der Waals surface area contributed by atoms with Crippen LogP contribution in [0.25, 0.3) is 0 Å². The Morgan fingerprint density at radius 3 is 2.84 bits per heavy atom. The van der Waals surface area contributed by atoms with E-state index >= 15 is 0 Å². The van der Waals surface area contributed by atoms with E-state index in [0.29, 0.717) is 11.8 Å². The molecule has 2 rings (SSSR count). The van der Waals surface area contributed by atoms with Crippen LogP contribution in [-0.4, -0.2) is 47.6 Å². The van der Waals surface area contributed by atoms with Crippen LogP contribution < -0.4 is 0 Å². The maximum atomic E-state index is 10.2. The molecule has 1 heterocycles. The van der Waals surface area contributed by atoms with Crippen LogP contribution in [-0.2, 0) is 6.54 Å². The van der Waals surface area contributed by atoms with E-state index in [1.165, 1.54) is 13.0 Å². The second-order valence-electron chi connectivity index (χ2n) is 5.73. The third kappa shape index (κ3) is 3.48. The van der Waals surface area contributed by atoms with Crippen molar-refractivity contribution in [2.45, 2.75) is 39.3 Å². The van der Waals surface area contributed by atoms with Gasteiger partial charge in [-0.1, -0.05) is 25.1 Å². The summed E-state index contributed by atoms with van der Waals surface area (Å²) < 4.78 is 0. The van der Waals surface area contributed by atoms with Gasteiger partial charge in [-0.05, 0) is 38.9 Å². The summed E-state index contributed by atoms with van der Waals surface area (Å²) in [5.74, 6) is 0.468. The SMILES string of the molecule is CCC1CN(C)CCCN1Cc1cccc(C)c1O. The Kier molecular flexibility index (Phi) is 4.83. The molecule has 1 fully saturated rings. The van der Waals surface area contributed by atoms with Crippen LogP contribution >= 0.6 is 0 Å². The highest BCUT2D eigenvalue weighted by molar-refractivity contribution is 5.39. The predicted octanol–water partition coefficient (Wildman–Crippen LogP) is 2.62. The molecule has 0 bridgehead atoms. The number of benzene rings is 1. The van der Waals surface area contributed by atoms with Crippen LogP contribution in [0.15, 0.2) is 18.2 Å². The largest absolute Gasteiger partial charge is 0.507 e. The number of hydrogen-bond donors (Lipinski definition) is 1. The number of phenolic OH excluding ortho intramolecular Hbond substituents is 1. The highest BCUT2D eigenvalue weighted by atomic mass is 16.3. The number of nitrogens with zero attached hydrogens (tertiary/aromatic N) is 2. The minimum Gasteiger partial charge on any atom is -0.507 e. The minimum absolute atomic E-state index is 0.468. The Bertz CT molecular complexity index is 419. The molecule has 0 radical (unpaired) electrons. The maximum Gasteiger partial charge on any atom is 0.122 e. The molecule has 1 aliphatic rings. The zero-order valence-electron chi connectivity index (χ0n) is 12.4. The van der Waals surface area contributed by atoms with Gasteiger partial charge in [-0.2, -0.15) is 0 Å². The molecule has 0 aromatic heterocycles. The molecule has 3 nitrogen and oxygen atoms in total. The number of rotatable bonds is 3. The number of likely N-dealkylation sites (N-methyl/N-ethyl adjacent to an activating group) is 1. The fourth-order valence-corrected chi connectivity index (χ4v) is 2.95. The van der Waals surface area contributed by atoms with Crippen molar-refractivity contribution in [3.63, 3.8) is 0 Å². The van der Waals surface area contributed by atoms with Gasteiger partial charge in [-0.3, -0.25) is 4.90 Å². The van der Waals surface area contributed by atoms with E-state index in [-0.39, 0.29) is 0 Å². The molecule has 1 N–H and O–H groups in total. The molecule has 1 aliphatic heterocycles. The summed E-state index contributed by atoms with van der Waals surface area (Å²) in [5.41, 5.74) is 2.03. The fraction of sp³-hybridized carbons (Fsp3) is 0.625. The van der Waals surface area contributed by atoms with E-state index in [0.717, 1.165) is 37.2 Å². The summed E-state index contributed by atoms with van der Waals surface area (Å²) in [4.78, 5) is 4.95. The zero-order chi connectivity index (χ0) is 13.8. The van der Waals surface area contributed by atoms with Crippen molar-refractivity contribution in [3.05, 3.63) is 29.3 Å². The van der Waals surface area contributed by atoms with E-state index in [9.17, 15) is 5.11 Å². The predicted molar refractivity (Wildman–Crippen MR) is 79.4 cm³/mol. The average molecular weight is 262 g/mol. The first-order chi connectivity index (χ1) is 9.11. The Balaban J connectivity index is 2.13. The van der Waals surface area contributed by atoms with Gasteiger partial charge in [-0.25, -0.2) is 0 Å². The highest BCUT2D eigenvalue weighted by Crippen LogP contribution is 2.25. The molecule has 1 aromatic rings. The van der Waals surface area contributed by atoms with E-state index < -0.39 is 0 Å². The molecule has 1 saturated heterocycles. The van der Waals surface area contributed by atoms with Crippen molar-refractivity contribution >= 4 is 0 Å². The lowest BCUT2D eigenvalue weighted by atomic mass is 10.1. The first-order valence-corrected chi connectivity index (χ1v) is 7.32. The van der Waals surface area contributed by atoms with Gasteiger partial charge >= 0.3 is 0 Å². The Labute approximate surface area is 116 Å². The van der Waals surface area contributed by atoms with Gasteiger partial charge in [0.05, 0.1) is 0 Å². The van der Waals surface area contributed by atoms with Gasteiger partial charge in [-0.15, -0.1) is 0 Å². The first-order valence-electron chi connectivity index (χ1n) is 7.32. The molecule has 1 atom stereocenters. The van der Waals surface area contributed by atoms with Gasteiger partial charge in [0.1, 0.15) is 5.75 Å². The zero-order valence-corrected chi connectivity index (χ0v) is 12.4. The summed E-state index contributed by atoms with van der Waals surface area (Å²) in [5, 5.41) is 10.2. The highest BCUT2D eigenvalue weighted by Gasteiger charge is 2.22. The van der Waals surface area contributed by atoms with Crippen LogP contribution in [0.1, 0.15) is 30.9 Å². The number of aryl methyl sites for hydroxylation is 1. The van der Waals surface area contributed by atoms with Crippen LogP contribution in [0.5, 0.6) is 5.75 Å². The van der Waals surface area contributed by atoms with Gasteiger partial charge in [0, 0.05) is 31.2 Å². The Hall–Kier alpha value is -1.06. The molecular weight excluding hydrogens is 236 g/mol. The van der Waals surface area contributed by atoms with Crippen LogP contribution in [0.4, 0.5) is 0 Å². The van der Waals surface area contributed by atoms with Crippen molar-refractivity contribution in [1.82, 2.24) is 9.80 Å². The van der Waals surface area contributed by atoms with E-state index in [2.05, 4.69) is 23.8 Å². The molecule has 19 heavy (non-hydrogen) atoms. The third-order valence-corrected chi connectivity index (χ3v) is 4.19. The van der Waals surface area contributed by atoms with Crippen molar-refractivity contribution in [3.8, 4) is 5.75 Å².